The average molecular weight is 579 g/mol. The van der Waals surface area contributed by atoms with Crippen LogP contribution in [0.3, 0.4) is 0 Å². The summed E-state index contributed by atoms with van der Waals surface area (Å²) in [5, 5.41) is 22.6. The maximum atomic E-state index is 13.8. The highest BCUT2D eigenvalue weighted by Crippen LogP contribution is 2.40. The van der Waals surface area contributed by atoms with Gasteiger partial charge in [-0.05, 0) is 61.4 Å². The van der Waals surface area contributed by atoms with Crippen molar-refractivity contribution in [1.82, 2.24) is 15.5 Å². The van der Waals surface area contributed by atoms with E-state index in [2.05, 4.69) is 16.0 Å². The first-order valence-electron chi connectivity index (χ1n) is 13.4. The molecule has 2 aromatic carbocycles. The van der Waals surface area contributed by atoms with Gasteiger partial charge in [0.05, 0.1) is 18.5 Å². The molecule has 10 heteroatoms. The molecule has 0 spiro atoms. The van der Waals surface area contributed by atoms with Gasteiger partial charge >= 0.3 is 0 Å². The first-order chi connectivity index (χ1) is 19.2. The quantitative estimate of drug-likeness (QED) is 0.310. The summed E-state index contributed by atoms with van der Waals surface area (Å²) in [5.74, 6) is -0.908. The standard InChI is InChI=1S/C30H34N4O4S2/c1-30(2)26(28(37)32-17-20-10-7-15-39-20)34(18-40-30)29(38)25(35)24(16-19-8-4-3-5-9-19)33-27(36)22-11-6-12-23-21(22)13-14-31-23/h3-12,15,24-26,31,35H,13-14,16-18H2,1-2H3,(H,32,37)(H,33,36)/t24-,25-,26+/m0/s1. The number of rotatable bonds is 9. The third-order valence-electron chi connectivity index (χ3n) is 7.45. The fourth-order valence-electron chi connectivity index (χ4n) is 5.35. The minimum Gasteiger partial charge on any atom is -0.384 e. The second kappa shape index (κ2) is 12.0. The van der Waals surface area contributed by atoms with Gasteiger partial charge in [0.25, 0.3) is 11.8 Å². The molecule has 0 aliphatic carbocycles. The normalized spacial score (nSPS) is 18.9. The number of hydrogen-bond donors (Lipinski definition) is 4. The summed E-state index contributed by atoms with van der Waals surface area (Å²) >= 11 is 3.05. The molecule has 2 aliphatic rings. The molecule has 3 atom stereocenters. The Morgan fingerprint density at radius 3 is 2.65 bits per heavy atom. The lowest BCUT2D eigenvalue weighted by atomic mass is 9.96. The van der Waals surface area contributed by atoms with Crippen molar-refractivity contribution in [3.8, 4) is 0 Å². The fourth-order valence-corrected chi connectivity index (χ4v) is 7.14. The maximum Gasteiger partial charge on any atom is 0.254 e. The number of nitrogens with zero attached hydrogens (tertiary/aromatic N) is 1. The minimum atomic E-state index is -1.54. The van der Waals surface area contributed by atoms with Crippen molar-refractivity contribution in [2.75, 3.05) is 17.7 Å². The molecule has 8 nitrogen and oxygen atoms in total. The molecule has 4 N–H and O–H groups in total. The average Bonchev–Trinajstić information content (AvgIpc) is 3.71. The van der Waals surface area contributed by atoms with E-state index in [1.807, 2.05) is 73.8 Å². The van der Waals surface area contributed by atoms with Crippen LogP contribution >= 0.6 is 23.1 Å². The van der Waals surface area contributed by atoms with Crippen molar-refractivity contribution in [1.29, 1.82) is 0 Å². The van der Waals surface area contributed by atoms with Crippen LogP contribution in [0.2, 0.25) is 0 Å². The van der Waals surface area contributed by atoms with Gasteiger partial charge < -0.3 is 26.0 Å². The number of carbonyl (C=O) groups excluding carboxylic acids is 3. The number of nitrogens with one attached hydrogen (secondary N) is 3. The van der Waals surface area contributed by atoms with E-state index in [4.69, 9.17) is 0 Å². The van der Waals surface area contributed by atoms with Gasteiger partial charge in [0.1, 0.15) is 6.04 Å². The van der Waals surface area contributed by atoms with E-state index in [0.29, 0.717) is 12.1 Å². The molecule has 3 heterocycles. The Labute approximate surface area is 242 Å². The van der Waals surface area contributed by atoms with E-state index >= 15 is 0 Å². The molecular formula is C30H34N4O4S2. The second-order valence-electron chi connectivity index (χ2n) is 10.6. The van der Waals surface area contributed by atoms with E-state index < -0.39 is 28.8 Å². The zero-order valence-corrected chi connectivity index (χ0v) is 24.2. The minimum absolute atomic E-state index is 0.256. The van der Waals surface area contributed by atoms with Crippen LogP contribution < -0.4 is 16.0 Å². The predicted octanol–water partition coefficient (Wildman–Crippen LogP) is 3.41. The summed E-state index contributed by atoms with van der Waals surface area (Å²) in [4.78, 5) is 43.1. The molecule has 1 fully saturated rings. The van der Waals surface area contributed by atoms with Crippen LogP contribution in [0.4, 0.5) is 5.69 Å². The topological polar surface area (TPSA) is 111 Å². The summed E-state index contributed by atoms with van der Waals surface area (Å²) in [6.07, 6.45) is -0.556. The highest BCUT2D eigenvalue weighted by atomic mass is 32.2. The van der Waals surface area contributed by atoms with Gasteiger partial charge in [-0.2, -0.15) is 0 Å². The molecule has 0 unspecified atom stereocenters. The zero-order chi connectivity index (χ0) is 28.3. The lowest BCUT2D eigenvalue weighted by Gasteiger charge is -2.33. The number of aliphatic hydroxyl groups is 1. The third kappa shape index (κ3) is 6.04. The smallest absolute Gasteiger partial charge is 0.254 e. The molecule has 3 amide bonds. The van der Waals surface area contributed by atoms with Crippen LogP contribution in [-0.4, -0.2) is 63.1 Å². The Balaban J connectivity index is 1.36. The number of thiophene rings is 1. The lowest BCUT2D eigenvalue weighted by molar-refractivity contribution is -0.147. The van der Waals surface area contributed by atoms with Crippen LogP contribution in [-0.2, 0) is 29.0 Å². The lowest BCUT2D eigenvalue weighted by Crippen LogP contribution is -2.58. The van der Waals surface area contributed by atoms with Gasteiger partial charge in [-0.25, -0.2) is 0 Å². The van der Waals surface area contributed by atoms with Crippen molar-refractivity contribution in [2.45, 2.75) is 56.2 Å². The van der Waals surface area contributed by atoms with Crippen LogP contribution in [0.1, 0.15) is 40.2 Å². The molecular weight excluding hydrogens is 544 g/mol. The summed E-state index contributed by atoms with van der Waals surface area (Å²) in [7, 11) is 0. The molecule has 0 saturated carbocycles. The van der Waals surface area contributed by atoms with Crippen molar-refractivity contribution < 1.29 is 19.5 Å². The highest BCUT2D eigenvalue weighted by Gasteiger charge is 2.49. The number of thioether (sulfide) groups is 1. The third-order valence-corrected chi connectivity index (χ3v) is 9.71. The molecule has 1 saturated heterocycles. The Morgan fingerprint density at radius 1 is 1.10 bits per heavy atom. The van der Waals surface area contributed by atoms with Gasteiger partial charge in [-0.3, -0.25) is 14.4 Å². The van der Waals surface area contributed by atoms with Crippen molar-refractivity contribution in [3.05, 3.63) is 87.6 Å². The number of carbonyl (C=O) groups is 3. The van der Waals surface area contributed by atoms with Crippen molar-refractivity contribution >= 4 is 46.5 Å². The number of amides is 3. The Kier molecular flexibility index (Phi) is 8.48. The van der Waals surface area contributed by atoms with Crippen LogP contribution in [0, 0.1) is 0 Å². The fraction of sp³-hybridized carbons (Fsp3) is 0.367. The van der Waals surface area contributed by atoms with E-state index in [-0.39, 0.29) is 24.1 Å². The van der Waals surface area contributed by atoms with E-state index in [1.165, 1.54) is 16.7 Å². The molecule has 5 rings (SSSR count). The number of anilines is 1. The van der Waals surface area contributed by atoms with Crippen LogP contribution in [0.15, 0.2) is 66.0 Å². The van der Waals surface area contributed by atoms with Gasteiger partial charge in [0, 0.05) is 27.4 Å². The van der Waals surface area contributed by atoms with Gasteiger partial charge in [0.2, 0.25) is 5.91 Å². The predicted molar refractivity (Wildman–Crippen MR) is 159 cm³/mol. The number of benzene rings is 2. The monoisotopic (exact) mass is 578 g/mol. The molecule has 0 radical (unpaired) electrons. The Hall–Kier alpha value is -3.34. The molecule has 1 aromatic heterocycles. The first-order valence-corrected chi connectivity index (χ1v) is 15.2. The summed E-state index contributed by atoms with van der Waals surface area (Å²) < 4.78 is -0.551. The van der Waals surface area contributed by atoms with Crippen molar-refractivity contribution in [3.63, 3.8) is 0 Å². The van der Waals surface area contributed by atoms with E-state index in [9.17, 15) is 19.5 Å². The van der Waals surface area contributed by atoms with Gasteiger partial charge in [-0.15, -0.1) is 23.1 Å². The Bertz CT molecular complexity index is 1360. The van der Waals surface area contributed by atoms with Crippen LogP contribution in [0.5, 0.6) is 0 Å². The number of hydrogen-bond acceptors (Lipinski definition) is 7. The second-order valence-corrected chi connectivity index (χ2v) is 13.2. The molecule has 210 valence electrons. The zero-order valence-electron chi connectivity index (χ0n) is 22.6. The van der Waals surface area contributed by atoms with E-state index in [1.54, 1.807) is 17.4 Å². The Morgan fingerprint density at radius 2 is 1.90 bits per heavy atom. The van der Waals surface area contributed by atoms with Gasteiger partial charge in [-0.1, -0.05) is 42.5 Å². The van der Waals surface area contributed by atoms with E-state index in [0.717, 1.165) is 34.7 Å². The molecule has 2 aliphatic heterocycles. The van der Waals surface area contributed by atoms with Crippen LogP contribution in [0.25, 0.3) is 0 Å². The molecule has 0 bridgehead atoms. The summed E-state index contributed by atoms with van der Waals surface area (Å²) in [6, 6.07) is 17.2. The summed E-state index contributed by atoms with van der Waals surface area (Å²) in [5.41, 5.74) is 3.26. The number of aliphatic hydroxyl groups excluding tert-OH is 1. The molecule has 40 heavy (non-hydrogen) atoms. The van der Waals surface area contributed by atoms with Crippen molar-refractivity contribution in [2.24, 2.45) is 0 Å². The highest BCUT2D eigenvalue weighted by molar-refractivity contribution is 8.00. The maximum absolute atomic E-state index is 13.8. The number of fused-ring (bicyclic) bond motifs is 1. The first kappa shape index (κ1) is 28.2. The largest absolute Gasteiger partial charge is 0.384 e. The summed E-state index contributed by atoms with van der Waals surface area (Å²) in [6.45, 7) is 4.99. The van der Waals surface area contributed by atoms with Gasteiger partial charge in [0.15, 0.2) is 6.10 Å². The SMILES string of the molecule is CC1(C)SCN(C(=O)[C@@H](O)[C@H](Cc2ccccc2)NC(=O)c2cccc3c2CCN3)[C@@H]1C(=O)NCc1cccs1. The molecule has 3 aromatic rings.